The molecule has 0 fully saturated rings. The number of aromatic nitrogens is 3. The molecule has 0 aliphatic heterocycles. The van der Waals surface area contributed by atoms with Gasteiger partial charge in [0.05, 0.1) is 15.7 Å². The van der Waals surface area contributed by atoms with Crippen LogP contribution in [0.4, 0.5) is 23.4 Å². The number of pyridine rings is 1. The molecule has 31 heavy (non-hydrogen) atoms. The molecule has 6 nitrogen and oxygen atoms in total. The number of aromatic amines is 1. The summed E-state index contributed by atoms with van der Waals surface area (Å²) < 4.78 is 77.1. The molecule has 0 amide bonds. The fourth-order valence-corrected chi connectivity index (χ4v) is 4.11. The Morgan fingerprint density at radius 2 is 1.77 bits per heavy atom. The number of hydrogen-bond acceptors (Lipinski definition) is 5. The van der Waals surface area contributed by atoms with Crippen LogP contribution in [-0.2, 0) is 16.0 Å². The van der Waals surface area contributed by atoms with Crippen molar-refractivity contribution in [2.75, 3.05) is 11.6 Å². The highest BCUT2D eigenvalue weighted by molar-refractivity contribution is 7.90. The molecule has 0 aliphatic carbocycles. The lowest BCUT2D eigenvalue weighted by Crippen LogP contribution is -2.17. The second kappa shape index (κ2) is 8.29. The van der Waals surface area contributed by atoms with Crippen LogP contribution in [0.3, 0.4) is 0 Å². The Morgan fingerprint density at radius 3 is 2.32 bits per heavy atom. The lowest BCUT2D eigenvalue weighted by molar-refractivity contribution is -0.141. The summed E-state index contributed by atoms with van der Waals surface area (Å²) in [7, 11) is -3.69. The minimum atomic E-state index is -4.80. The highest BCUT2D eigenvalue weighted by Crippen LogP contribution is 2.35. The maximum absolute atomic E-state index is 13.6. The Balaban J connectivity index is 2.13. The van der Waals surface area contributed by atoms with Gasteiger partial charge in [0.25, 0.3) is 0 Å². The van der Waals surface area contributed by atoms with Crippen LogP contribution in [0.1, 0.15) is 28.8 Å². The molecule has 2 aromatic heterocycles. The number of hydrogen-bond donors (Lipinski definition) is 2. The first-order valence-corrected chi connectivity index (χ1v) is 11.1. The lowest BCUT2D eigenvalue weighted by atomic mass is 10.1. The average molecular weight is 497 g/mol. The third kappa shape index (κ3) is 5.10. The molecule has 166 valence electrons. The summed E-state index contributed by atoms with van der Waals surface area (Å²) in [6, 6.07) is 4.83. The van der Waals surface area contributed by atoms with Crippen molar-refractivity contribution in [3.05, 3.63) is 69.0 Å². The molecule has 0 bridgehead atoms. The maximum atomic E-state index is 13.6. The minimum Gasteiger partial charge on any atom is -0.356 e. The maximum Gasteiger partial charge on any atom is 0.434 e. The highest BCUT2D eigenvalue weighted by Gasteiger charge is 2.36. The number of rotatable bonds is 5. The number of nitrogens with one attached hydrogen (secondary N) is 2. The van der Waals surface area contributed by atoms with Crippen molar-refractivity contribution >= 4 is 38.9 Å². The Hall–Kier alpha value is -2.37. The SMILES string of the molecule is Cc1[nH]c(C(Nc2ccc(Cl)c(C(F)(F)F)n2)c2ccc(F)c(Cl)c2)nc1S(C)(=O)=O. The number of sulfone groups is 1. The molecule has 0 aliphatic rings. The summed E-state index contributed by atoms with van der Waals surface area (Å²) in [4.78, 5) is 10.4. The van der Waals surface area contributed by atoms with Gasteiger partial charge >= 0.3 is 6.18 Å². The number of halogens is 6. The molecule has 0 saturated heterocycles. The third-order valence-corrected chi connectivity index (χ3v) is 5.86. The van der Waals surface area contributed by atoms with E-state index in [0.29, 0.717) is 5.56 Å². The van der Waals surface area contributed by atoms with Crippen LogP contribution in [0.25, 0.3) is 0 Å². The van der Waals surface area contributed by atoms with E-state index in [-0.39, 0.29) is 27.4 Å². The van der Waals surface area contributed by atoms with E-state index in [4.69, 9.17) is 23.2 Å². The molecule has 13 heteroatoms. The molecule has 0 radical (unpaired) electrons. The third-order valence-electron chi connectivity index (χ3n) is 4.17. The van der Waals surface area contributed by atoms with Gasteiger partial charge in [-0.15, -0.1) is 0 Å². The van der Waals surface area contributed by atoms with Gasteiger partial charge in [-0.2, -0.15) is 13.2 Å². The molecule has 1 unspecified atom stereocenters. The molecule has 0 saturated carbocycles. The molecular formula is C18H14Cl2F4N4O2S. The van der Waals surface area contributed by atoms with E-state index in [1.54, 1.807) is 0 Å². The first-order chi connectivity index (χ1) is 14.3. The fraction of sp³-hybridized carbons (Fsp3) is 0.222. The highest BCUT2D eigenvalue weighted by atomic mass is 35.5. The Kier molecular flexibility index (Phi) is 6.23. The monoisotopic (exact) mass is 496 g/mol. The lowest BCUT2D eigenvalue weighted by Gasteiger charge is -2.19. The zero-order valence-electron chi connectivity index (χ0n) is 15.9. The van der Waals surface area contributed by atoms with Crippen molar-refractivity contribution in [3.8, 4) is 0 Å². The largest absolute Gasteiger partial charge is 0.434 e. The fourth-order valence-electron chi connectivity index (χ4n) is 2.84. The summed E-state index contributed by atoms with van der Waals surface area (Å²) >= 11 is 11.5. The molecule has 3 aromatic rings. The zero-order valence-corrected chi connectivity index (χ0v) is 18.2. The van der Waals surface area contributed by atoms with Crippen LogP contribution in [0.2, 0.25) is 10.0 Å². The first-order valence-electron chi connectivity index (χ1n) is 8.49. The molecule has 2 N–H and O–H groups in total. The van der Waals surface area contributed by atoms with Crippen LogP contribution in [0, 0.1) is 12.7 Å². The van der Waals surface area contributed by atoms with Gasteiger partial charge in [0.2, 0.25) is 0 Å². The van der Waals surface area contributed by atoms with Crippen molar-refractivity contribution < 1.29 is 26.0 Å². The van der Waals surface area contributed by atoms with Crippen molar-refractivity contribution in [1.82, 2.24) is 15.0 Å². The molecule has 1 aromatic carbocycles. The summed E-state index contributed by atoms with van der Waals surface area (Å²) in [5.41, 5.74) is -0.787. The smallest absolute Gasteiger partial charge is 0.356 e. The number of aryl methyl sites for hydroxylation is 1. The van der Waals surface area contributed by atoms with E-state index in [2.05, 4.69) is 20.3 Å². The van der Waals surface area contributed by atoms with Crippen LogP contribution in [-0.4, -0.2) is 29.6 Å². The number of benzene rings is 1. The van der Waals surface area contributed by atoms with Gasteiger partial charge in [0, 0.05) is 6.26 Å². The number of nitrogens with zero attached hydrogens (tertiary/aromatic N) is 2. The quantitative estimate of drug-likeness (QED) is 0.475. The van der Waals surface area contributed by atoms with E-state index < -0.39 is 38.6 Å². The van der Waals surface area contributed by atoms with Gasteiger partial charge in [-0.05, 0) is 36.8 Å². The molecular weight excluding hydrogens is 483 g/mol. The molecule has 3 rings (SSSR count). The van der Waals surface area contributed by atoms with Crippen LogP contribution in [0.5, 0.6) is 0 Å². The number of anilines is 1. The Labute approximate surface area is 184 Å². The van der Waals surface area contributed by atoms with E-state index >= 15 is 0 Å². The number of imidazole rings is 1. The topological polar surface area (TPSA) is 87.7 Å². The summed E-state index contributed by atoms with van der Waals surface area (Å²) in [5.74, 6) is -0.886. The van der Waals surface area contributed by atoms with E-state index in [1.165, 1.54) is 25.1 Å². The summed E-state index contributed by atoms with van der Waals surface area (Å²) in [5, 5.41) is 1.69. The molecule has 1 atom stereocenters. The van der Waals surface area contributed by atoms with Gasteiger partial charge in [-0.3, -0.25) is 0 Å². The van der Waals surface area contributed by atoms with Gasteiger partial charge in [-0.1, -0.05) is 29.3 Å². The van der Waals surface area contributed by atoms with Gasteiger partial charge in [-0.25, -0.2) is 22.8 Å². The average Bonchev–Trinajstić information content (AvgIpc) is 3.04. The molecule has 2 heterocycles. The minimum absolute atomic E-state index is 0.0471. The van der Waals surface area contributed by atoms with Crippen LogP contribution >= 0.6 is 23.2 Å². The van der Waals surface area contributed by atoms with Gasteiger partial charge < -0.3 is 10.3 Å². The predicted octanol–water partition coefficient (Wildman–Crippen LogP) is 5.18. The van der Waals surface area contributed by atoms with Crippen molar-refractivity contribution in [2.24, 2.45) is 0 Å². The second-order valence-electron chi connectivity index (χ2n) is 6.60. The predicted molar refractivity (Wildman–Crippen MR) is 108 cm³/mol. The van der Waals surface area contributed by atoms with Gasteiger partial charge in [0.1, 0.15) is 23.5 Å². The Bertz CT molecular complexity index is 1250. The van der Waals surface area contributed by atoms with E-state index in [9.17, 15) is 26.0 Å². The van der Waals surface area contributed by atoms with E-state index in [1.807, 2.05) is 0 Å². The van der Waals surface area contributed by atoms with Crippen LogP contribution < -0.4 is 5.32 Å². The molecule has 0 spiro atoms. The van der Waals surface area contributed by atoms with E-state index in [0.717, 1.165) is 18.4 Å². The van der Waals surface area contributed by atoms with Crippen molar-refractivity contribution in [2.45, 2.75) is 24.2 Å². The van der Waals surface area contributed by atoms with Gasteiger partial charge in [0.15, 0.2) is 20.6 Å². The number of H-pyrrole nitrogens is 1. The number of alkyl halides is 3. The summed E-state index contributed by atoms with van der Waals surface area (Å²) in [6.45, 7) is 1.48. The Morgan fingerprint density at radius 1 is 1.10 bits per heavy atom. The van der Waals surface area contributed by atoms with Crippen molar-refractivity contribution in [3.63, 3.8) is 0 Å². The second-order valence-corrected chi connectivity index (χ2v) is 9.35. The summed E-state index contributed by atoms with van der Waals surface area (Å²) in [6.07, 6.45) is -3.83. The standard InChI is InChI=1S/C18H14Cl2F4N4O2S/c1-8-17(31(2,29)30)28-16(25-8)14(9-3-5-12(21)11(20)7-9)26-13-6-4-10(19)15(27-13)18(22,23)24/h3-7,14H,1-2H3,(H,25,28)(H,26,27). The van der Waals surface area contributed by atoms with Crippen molar-refractivity contribution in [1.29, 1.82) is 0 Å². The zero-order chi connectivity index (χ0) is 23.1. The van der Waals surface area contributed by atoms with Crippen LogP contribution in [0.15, 0.2) is 35.4 Å². The normalized spacial score (nSPS) is 13.3. The first kappa shape index (κ1) is 23.3.